The van der Waals surface area contributed by atoms with Gasteiger partial charge in [0.05, 0.1) is 25.8 Å². The number of hydrogen-bond acceptors (Lipinski definition) is 9. The third-order valence-electron chi connectivity index (χ3n) is 7.05. The van der Waals surface area contributed by atoms with E-state index in [4.69, 9.17) is 9.47 Å². The Morgan fingerprint density at radius 1 is 0.880 bits per heavy atom. The Morgan fingerprint density at radius 3 is 2.30 bits per heavy atom. The summed E-state index contributed by atoms with van der Waals surface area (Å²) in [6, 6.07) is 32.2. The highest BCUT2D eigenvalue weighted by molar-refractivity contribution is 8.00. The van der Waals surface area contributed by atoms with E-state index in [1.807, 2.05) is 30.3 Å². The summed E-state index contributed by atoms with van der Waals surface area (Å²) >= 11 is 2.57. The topological polar surface area (TPSA) is 136 Å². The fourth-order valence-electron chi connectivity index (χ4n) is 4.67. The predicted molar refractivity (Wildman–Crippen MR) is 196 cm³/mol. The first kappa shape index (κ1) is 35.6. The molecule has 3 amide bonds. The van der Waals surface area contributed by atoms with Crippen LogP contribution >= 0.6 is 23.1 Å². The van der Waals surface area contributed by atoms with Gasteiger partial charge < -0.3 is 25.4 Å². The van der Waals surface area contributed by atoms with Crippen LogP contribution in [0, 0.1) is 0 Å². The number of nitrogens with zero attached hydrogens (tertiary/aromatic N) is 1. The van der Waals surface area contributed by atoms with Gasteiger partial charge in [-0.1, -0.05) is 60.7 Å². The first-order valence-corrected chi connectivity index (χ1v) is 17.3. The van der Waals surface area contributed by atoms with Crippen molar-refractivity contribution in [3.8, 4) is 5.75 Å². The van der Waals surface area contributed by atoms with Crippen LogP contribution in [0.15, 0.2) is 125 Å². The van der Waals surface area contributed by atoms with Gasteiger partial charge in [-0.3, -0.25) is 19.2 Å². The van der Waals surface area contributed by atoms with E-state index in [9.17, 15) is 19.2 Å². The number of amides is 3. The summed E-state index contributed by atoms with van der Waals surface area (Å²) in [5.41, 5.74) is 2.90. The van der Waals surface area contributed by atoms with Crippen LogP contribution in [-0.2, 0) is 25.5 Å². The maximum absolute atomic E-state index is 13.6. The molecule has 12 heteroatoms. The number of anilines is 2. The number of esters is 1. The second-order valence-electron chi connectivity index (χ2n) is 10.7. The molecular formula is C38H34N4O6S2. The van der Waals surface area contributed by atoms with Gasteiger partial charge in [0.15, 0.2) is 5.13 Å². The third kappa shape index (κ3) is 10.1. The lowest BCUT2D eigenvalue weighted by Gasteiger charge is -2.17. The average Bonchev–Trinajstić information content (AvgIpc) is 3.57. The lowest BCUT2D eigenvalue weighted by atomic mass is 10.1. The highest BCUT2D eigenvalue weighted by atomic mass is 32.2. The van der Waals surface area contributed by atoms with Crippen LogP contribution in [0.3, 0.4) is 0 Å². The first-order valence-electron chi connectivity index (χ1n) is 15.6. The molecule has 254 valence electrons. The van der Waals surface area contributed by atoms with E-state index >= 15 is 0 Å². The van der Waals surface area contributed by atoms with Gasteiger partial charge in [0, 0.05) is 21.5 Å². The van der Waals surface area contributed by atoms with E-state index in [-0.39, 0.29) is 30.6 Å². The van der Waals surface area contributed by atoms with Gasteiger partial charge in [0.1, 0.15) is 16.7 Å². The quantitative estimate of drug-likeness (QED) is 0.0630. The molecule has 0 saturated carbocycles. The van der Waals surface area contributed by atoms with E-state index < -0.39 is 17.1 Å². The van der Waals surface area contributed by atoms with Crippen LogP contribution in [0.2, 0.25) is 0 Å². The summed E-state index contributed by atoms with van der Waals surface area (Å²) in [5.74, 6) is -1.01. The molecule has 0 saturated heterocycles. The summed E-state index contributed by atoms with van der Waals surface area (Å²) in [6.07, 6.45) is 1.60. The van der Waals surface area contributed by atoms with Crippen LogP contribution in [0.25, 0.3) is 6.08 Å². The Morgan fingerprint density at radius 2 is 1.60 bits per heavy atom. The standard InChI is InChI=1S/C38H34N4O6S2/c1-3-48-33(43)23-29-24-49-38(40-29)42-37(46)34(26-12-6-4-7-13-26)50-31-19-17-28(18-20-31)39-36(45)32(22-25-11-10-16-30(21-25)47-2)41-35(44)27-14-8-5-9-15-27/h4-22,24,34H,3,23H2,1-2H3,(H,39,45)(H,41,44)(H,40,42,46)/b32-22-. The Kier molecular flexibility index (Phi) is 12.5. The van der Waals surface area contributed by atoms with E-state index in [1.54, 1.807) is 104 Å². The van der Waals surface area contributed by atoms with Gasteiger partial charge in [-0.15, -0.1) is 23.1 Å². The van der Waals surface area contributed by atoms with Gasteiger partial charge >= 0.3 is 5.97 Å². The summed E-state index contributed by atoms with van der Waals surface area (Å²) in [7, 11) is 1.55. The van der Waals surface area contributed by atoms with Crippen molar-refractivity contribution in [2.45, 2.75) is 23.5 Å². The number of ether oxygens (including phenoxy) is 2. The molecule has 50 heavy (non-hydrogen) atoms. The molecule has 0 aliphatic heterocycles. The van der Waals surface area contributed by atoms with Crippen molar-refractivity contribution in [3.05, 3.63) is 143 Å². The minimum atomic E-state index is -0.625. The summed E-state index contributed by atoms with van der Waals surface area (Å²) < 4.78 is 10.3. The molecule has 5 aromatic rings. The number of nitrogens with one attached hydrogen (secondary N) is 3. The second-order valence-corrected chi connectivity index (χ2v) is 12.7. The van der Waals surface area contributed by atoms with Crippen molar-refractivity contribution in [1.29, 1.82) is 0 Å². The smallest absolute Gasteiger partial charge is 0.311 e. The molecule has 1 aromatic heterocycles. The highest BCUT2D eigenvalue weighted by Gasteiger charge is 2.24. The minimum Gasteiger partial charge on any atom is -0.497 e. The maximum Gasteiger partial charge on any atom is 0.311 e. The zero-order chi connectivity index (χ0) is 35.3. The number of thiazole rings is 1. The summed E-state index contributed by atoms with van der Waals surface area (Å²) in [4.78, 5) is 57.1. The lowest BCUT2D eigenvalue weighted by Crippen LogP contribution is -2.30. The molecular weight excluding hydrogens is 673 g/mol. The van der Waals surface area contributed by atoms with Crippen molar-refractivity contribution >= 4 is 63.7 Å². The number of carbonyl (C=O) groups is 4. The summed E-state index contributed by atoms with van der Waals surface area (Å²) in [6.45, 7) is 2.02. The number of rotatable bonds is 14. The van der Waals surface area contributed by atoms with E-state index in [0.29, 0.717) is 33.4 Å². The number of thioether (sulfide) groups is 1. The monoisotopic (exact) mass is 706 g/mol. The van der Waals surface area contributed by atoms with Crippen LogP contribution in [0.4, 0.5) is 10.8 Å². The van der Waals surface area contributed by atoms with Crippen molar-refractivity contribution in [2.24, 2.45) is 0 Å². The number of methoxy groups -OCH3 is 1. The van der Waals surface area contributed by atoms with Gasteiger partial charge in [0.25, 0.3) is 11.8 Å². The Bertz CT molecular complexity index is 1960. The zero-order valence-electron chi connectivity index (χ0n) is 27.3. The van der Waals surface area contributed by atoms with E-state index in [0.717, 1.165) is 10.5 Å². The normalized spacial score (nSPS) is 11.6. The maximum atomic E-state index is 13.6. The molecule has 0 spiro atoms. The third-order valence-corrected chi connectivity index (χ3v) is 9.13. The lowest BCUT2D eigenvalue weighted by molar-refractivity contribution is -0.142. The van der Waals surface area contributed by atoms with Gasteiger partial charge in [-0.25, -0.2) is 4.98 Å². The minimum absolute atomic E-state index is 0.0254. The molecule has 0 aliphatic rings. The largest absolute Gasteiger partial charge is 0.497 e. The first-order chi connectivity index (χ1) is 24.3. The molecule has 1 heterocycles. The van der Waals surface area contributed by atoms with Crippen LogP contribution < -0.4 is 20.7 Å². The fraction of sp³-hybridized carbons (Fsp3) is 0.132. The van der Waals surface area contributed by atoms with Crippen molar-refractivity contribution < 1.29 is 28.7 Å². The molecule has 1 atom stereocenters. The molecule has 0 radical (unpaired) electrons. The predicted octanol–water partition coefficient (Wildman–Crippen LogP) is 7.14. The molecule has 0 fully saturated rings. The Labute approximate surface area is 297 Å². The van der Waals surface area contributed by atoms with Crippen molar-refractivity contribution in [3.63, 3.8) is 0 Å². The van der Waals surface area contributed by atoms with Gasteiger partial charge in [-0.05, 0) is 72.7 Å². The van der Waals surface area contributed by atoms with E-state index in [2.05, 4.69) is 20.9 Å². The zero-order valence-corrected chi connectivity index (χ0v) is 28.9. The molecule has 0 aliphatic carbocycles. The summed E-state index contributed by atoms with van der Waals surface area (Å²) in [5, 5.41) is 9.95. The van der Waals surface area contributed by atoms with Crippen LogP contribution in [0.1, 0.15) is 39.4 Å². The van der Waals surface area contributed by atoms with E-state index in [1.165, 1.54) is 23.1 Å². The Hall–Kier alpha value is -5.72. The number of carbonyl (C=O) groups excluding carboxylic acids is 4. The molecule has 1 unspecified atom stereocenters. The van der Waals surface area contributed by atoms with Crippen molar-refractivity contribution in [1.82, 2.24) is 10.3 Å². The Balaban J connectivity index is 1.30. The molecule has 0 bridgehead atoms. The number of benzene rings is 4. The molecule has 10 nitrogen and oxygen atoms in total. The SMILES string of the molecule is CCOC(=O)Cc1csc(NC(=O)C(Sc2ccc(NC(=O)/C(=C/c3cccc(OC)c3)NC(=O)c3ccccc3)cc2)c2ccccc2)n1. The molecule has 3 N–H and O–H groups in total. The average molecular weight is 707 g/mol. The van der Waals surface area contributed by atoms with Gasteiger partial charge in [-0.2, -0.15) is 0 Å². The molecule has 5 rings (SSSR count). The van der Waals surface area contributed by atoms with Crippen LogP contribution in [0.5, 0.6) is 5.75 Å². The number of hydrogen-bond donors (Lipinski definition) is 3. The molecule has 4 aromatic carbocycles. The van der Waals surface area contributed by atoms with Crippen molar-refractivity contribution in [2.75, 3.05) is 24.4 Å². The highest BCUT2D eigenvalue weighted by Crippen LogP contribution is 2.37. The second kappa shape index (κ2) is 17.6. The number of aromatic nitrogens is 1. The van der Waals surface area contributed by atoms with Gasteiger partial charge in [0.2, 0.25) is 5.91 Å². The van der Waals surface area contributed by atoms with Crippen LogP contribution in [-0.4, -0.2) is 42.4 Å². The fourth-order valence-corrected chi connectivity index (χ4v) is 6.41.